The average Bonchev–Trinajstić information content (AvgIpc) is 2.87. The van der Waals surface area contributed by atoms with Crippen LogP contribution in [-0.2, 0) is 33.6 Å². The minimum absolute atomic E-state index is 0.0714. The maximum Gasteiger partial charge on any atom is 0.243 e. The van der Waals surface area contributed by atoms with E-state index in [1.807, 2.05) is 0 Å². The van der Waals surface area contributed by atoms with Crippen LogP contribution in [0.4, 0.5) is 0 Å². The Hall–Kier alpha value is -4.44. The third-order valence-electron chi connectivity index (χ3n) is 6.07. The molecule has 1 aliphatic heterocycles. The minimum Gasteiger partial charge on any atom is -0.370 e. The first kappa shape index (κ1) is 34.6. The highest BCUT2D eigenvalue weighted by Gasteiger charge is 2.30. The minimum atomic E-state index is -1.26. The van der Waals surface area contributed by atoms with Crippen LogP contribution in [0.15, 0.2) is 4.99 Å². The van der Waals surface area contributed by atoms with Crippen LogP contribution in [0.5, 0.6) is 0 Å². The van der Waals surface area contributed by atoms with Crippen LogP contribution >= 0.6 is 0 Å². The van der Waals surface area contributed by atoms with Gasteiger partial charge in [-0.2, -0.15) is 0 Å². The zero-order chi connectivity index (χ0) is 31.1. The van der Waals surface area contributed by atoms with Gasteiger partial charge in [-0.15, -0.1) is 0 Å². The number of nitrogens with one attached hydrogen (secondary N) is 6. The number of amides is 7. The van der Waals surface area contributed by atoms with E-state index in [1.165, 1.54) is 20.8 Å². The average molecular weight is 583 g/mol. The van der Waals surface area contributed by atoms with Gasteiger partial charge >= 0.3 is 0 Å². The lowest BCUT2D eigenvalue weighted by molar-refractivity contribution is -0.135. The summed E-state index contributed by atoms with van der Waals surface area (Å²) < 4.78 is 0. The molecule has 0 spiro atoms. The van der Waals surface area contributed by atoms with E-state index in [-0.39, 0.29) is 38.3 Å². The summed E-state index contributed by atoms with van der Waals surface area (Å²) in [7, 11) is 0. The zero-order valence-corrected chi connectivity index (χ0v) is 23.6. The fraction of sp³-hybridized carbons (Fsp3) is 0.667. The van der Waals surface area contributed by atoms with Crippen molar-refractivity contribution in [3.05, 3.63) is 0 Å². The van der Waals surface area contributed by atoms with Gasteiger partial charge in [-0.05, 0) is 46.0 Å². The van der Waals surface area contributed by atoms with Gasteiger partial charge in [-0.25, -0.2) is 0 Å². The van der Waals surface area contributed by atoms with E-state index >= 15 is 0 Å². The first-order chi connectivity index (χ1) is 19.2. The van der Waals surface area contributed by atoms with Crippen LogP contribution in [0.2, 0.25) is 0 Å². The number of hydrogen-bond acceptors (Lipinski definition) is 8. The summed E-state index contributed by atoms with van der Waals surface area (Å²) in [6.07, 6.45) is 0.964. The second-order valence-corrected chi connectivity index (χ2v) is 9.74. The first-order valence-electron chi connectivity index (χ1n) is 13.3. The molecule has 0 aliphatic carbocycles. The molecule has 0 aromatic carbocycles. The normalized spacial score (nSPS) is 25.7. The second-order valence-electron chi connectivity index (χ2n) is 9.74. The van der Waals surface area contributed by atoms with Gasteiger partial charge in [0.15, 0.2) is 5.96 Å². The van der Waals surface area contributed by atoms with Gasteiger partial charge in [0, 0.05) is 20.0 Å². The van der Waals surface area contributed by atoms with Gasteiger partial charge in [-0.3, -0.25) is 38.6 Å². The number of carbonyl (C=O) groups is 7. The predicted molar refractivity (Wildman–Crippen MR) is 147 cm³/mol. The molecule has 1 rings (SSSR count). The Morgan fingerprint density at radius 3 is 2.07 bits per heavy atom. The van der Waals surface area contributed by atoms with Crippen molar-refractivity contribution in [2.75, 3.05) is 13.1 Å². The molecule has 17 heteroatoms. The van der Waals surface area contributed by atoms with E-state index in [4.69, 9.17) is 17.2 Å². The SMILES string of the molecule is CC(=O)N[C@H]1CC(=O)NCCCC[C@@H](C(N)=O)NC(=O)[C@H](C)NC(=O)[C@H](CCCN=C(N)N)NC(=O)[C@H](C)NC1=O. The Balaban J connectivity index is 3.21. The molecule has 17 nitrogen and oxygen atoms in total. The molecule has 1 saturated heterocycles. The van der Waals surface area contributed by atoms with Crippen molar-refractivity contribution in [3.63, 3.8) is 0 Å². The maximum absolute atomic E-state index is 13.1. The van der Waals surface area contributed by atoms with Crippen LogP contribution in [0, 0.1) is 0 Å². The van der Waals surface area contributed by atoms with Crippen molar-refractivity contribution in [2.45, 2.75) is 89.5 Å². The van der Waals surface area contributed by atoms with Gasteiger partial charge in [-0.1, -0.05) is 0 Å². The molecule has 1 heterocycles. The molecule has 0 saturated carbocycles. The molecule has 5 atom stereocenters. The van der Waals surface area contributed by atoms with Gasteiger partial charge in [0.25, 0.3) is 0 Å². The van der Waals surface area contributed by atoms with Crippen molar-refractivity contribution in [2.24, 2.45) is 22.2 Å². The zero-order valence-electron chi connectivity index (χ0n) is 23.6. The topological polar surface area (TPSA) is 282 Å². The Kier molecular flexibility index (Phi) is 14.6. The summed E-state index contributed by atoms with van der Waals surface area (Å²) in [6, 6.07) is -5.70. The molecule has 1 fully saturated rings. The molecule has 0 unspecified atom stereocenters. The number of rotatable bonds is 6. The van der Waals surface area contributed by atoms with E-state index in [2.05, 4.69) is 36.9 Å². The molecule has 1 aliphatic rings. The van der Waals surface area contributed by atoms with Crippen molar-refractivity contribution in [1.82, 2.24) is 31.9 Å². The van der Waals surface area contributed by atoms with E-state index in [1.54, 1.807) is 0 Å². The molecule has 0 radical (unpaired) electrons. The number of nitrogens with two attached hydrogens (primary N) is 3. The Morgan fingerprint density at radius 2 is 1.49 bits per heavy atom. The number of guanidine groups is 1. The van der Waals surface area contributed by atoms with Crippen LogP contribution < -0.4 is 49.1 Å². The predicted octanol–water partition coefficient (Wildman–Crippen LogP) is -4.30. The summed E-state index contributed by atoms with van der Waals surface area (Å²) in [5, 5.41) is 15.0. The largest absolute Gasteiger partial charge is 0.370 e. The highest BCUT2D eigenvalue weighted by Crippen LogP contribution is 2.05. The second kappa shape index (κ2) is 17.3. The first-order valence-corrected chi connectivity index (χ1v) is 13.3. The molecule has 0 aromatic rings. The monoisotopic (exact) mass is 582 g/mol. The summed E-state index contributed by atoms with van der Waals surface area (Å²) >= 11 is 0. The third kappa shape index (κ3) is 13.5. The quantitative estimate of drug-likeness (QED) is 0.0830. The standard InChI is InChI=1S/C24H42N10O7/c1-12-20(38)33-15(19(25)37)7-4-5-9-28-18(36)11-17(32-14(3)35)23(41)31-13(2)21(39)34-16(22(40)30-12)8-6-10-29-24(26)27/h12-13,15-17H,4-11H2,1-3H3,(H2,25,37)(H,28,36)(H,30,40)(H,31,41)(H,32,35)(H,33,38)(H,34,39)(H4,26,27,29)/t12-,13-,15-,16-,17-/m0/s1. The van der Waals surface area contributed by atoms with Crippen molar-refractivity contribution < 1.29 is 33.6 Å². The van der Waals surface area contributed by atoms with E-state index < -0.39 is 78.0 Å². The summed E-state index contributed by atoms with van der Waals surface area (Å²) in [5.41, 5.74) is 16.1. The smallest absolute Gasteiger partial charge is 0.243 e. The highest BCUT2D eigenvalue weighted by molar-refractivity contribution is 5.97. The fourth-order valence-electron chi connectivity index (χ4n) is 3.82. The summed E-state index contributed by atoms with van der Waals surface area (Å²) in [5.74, 6) is -4.91. The summed E-state index contributed by atoms with van der Waals surface area (Å²) in [6.45, 7) is 4.29. The fourth-order valence-corrected chi connectivity index (χ4v) is 3.82. The number of primary amides is 1. The molecule has 41 heavy (non-hydrogen) atoms. The van der Waals surface area contributed by atoms with Gasteiger partial charge < -0.3 is 49.1 Å². The van der Waals surface area contributed by atoms with Crippen molar-refractivity contribution >= 4 is 47.3 Å². The lowest BCUT2D eigenvalue weighted by Gasteiger charge is -2.25. The third-order valence-corrected chi connectivity index (χ3v) is 6.07. The van der Waals surface area contributed by atoms with Crippen molar-refractivity contribution in [1.29, 1.82) is 0 Å². The van der Waals surface area contributed by atoms with Gasteiger partial charge in [0.1, 0.15) is 30.2 Å². The maximum atomic E-state index is 13.1. The highest BCUT2D eigenvalue weighted by atomic mass is 16.2. The van der Waals surface area contributed by atoms with Crippen LogP contribution in [-0.4, -0.2) is 90.6 Å². The van der Waals surface area contributed by atoms with E-state index in [0.717, 1.165) is 0 Å². The number of aliphatic imine (C=N–C) groups is 1. The lowest BCUT2D eigenvalue weighted by atomic mass is 10.1. The molecule has 230 valence electrons. The van der Waals surface area contributed by atoms with Crippen LogP contribution in [0.25, 0.3) is 0 Å². The molecular weight excluding hydrogens is 540 g/mol. The Labute approximate surface area is 237 Å². The van der Waals surface area contributed by atoms with Crippen LogP contribution in [0.1, 0.15) is 59.3 Å². The van der Waals surface area contributed by atoms with Crippen LogP contribution in [0.3, 0.4) is 0 Å². The van der Waals surface area contributed by atoms with Gasteiger partial charge in [0.2, 0.25) is 41.4 Å². The Bertz CT molecular complexity index is 1010. The molecule has 0 bridgehead atoms. The number of carbonyl (C=O) groups excluding carboxylic acids is 7. The number of nitrogens with zero attached hydrogens (tertiary/aromatic N) is 1. The molecule has 7 amide bonds. The molecule has 0 aromatic heterocycles. The number of hydrogen-bond donors (Lipinski definition) is 9. The van der Waals surface area contributed by atoms with Crippen molar-refractivity contribution in [3.8, 4) is 0 Å². The molecule has 12 N–H and O–H groups in total. The Morgan fingerprint density at radius 1 is 0.878 bits per heavy atom. The van der Waals surface area contributed by atoms with E-state index in [0.29, 0.717) is 12.8 Å². The summed E-state index contributed by atoms with van der Waals surface area (Å²) in [4.78, 5) is 91.3. The van der Waals surface area contributed by atoms with Gasteiger partial charge in [0.05, 0.1) is 6.42 Å². The van der Waals surface area contributed by atoms with E-state index in [9.17, 15) is 33.6 Å². The molecular formula is C24H42N10O7. The lowest BCUT2D eigenvalue weighted by Crippen LogP contribution is -2.58.